The van der Waals surface area contributed by atoms with Gasteiger partial charge in [-0.3, -0.25) is 24.0 Å². The summed E-state index contributed by atoms with van der Waals surface area (Å²) in [6.07, 6.45) is 10.5. The van der Waals surface area contributed by atoms with Crippen LogP contribution in [0.2, 0.25) is 0 Å². The van der Waals surface area contributed by atoms with E-state index in [1.165, 1.54) is 0 Å². The number of ketones is 3. The lowest BCUT2D eigenvalue weighted by molar-refractivity contribution is -0.147. The third kappa shape index (κ3) is 8.81. The largest absolute Gasteiger partial charge is 0.381 e. The molecule has 2 heterocycles. The molecule has 1 N–H and O–H groups in total. The van der Waals surface area contributed by atoms with E-state index in [9.17, 15) is 32.4 Å². The van der Waals surface area contributed by atoms with Crippen LogP contribution in [0.5, 0.6) is 0 Å². The maximum absolute atomic E-state index is 14.5. The zero-order valence-electron chi connectivity index (χ0n) is 32.1. The maximum atomic E-state index is 14.5. The first-order valence-electron chi connectivity index (χ1n) is 19.9. The molecule has 5 fully saturated rings. The van der Waals surface area contributed by atoms with E-state index in [1.807, 2.05) is 0 Å². The minimum atomic E-state index is -3.55. The minimum absolute atomic E-state index is 0.0419. The number of nitrogens with one attached hydrogen (secondary N) is 1. The van der Waals surface area contributed by atoms with Crippen LogP contribution < -0.4 is 5.32 Å². The predicted octanol–water partition coefficient (Wildman–Crippen LogP) is 5.78. The third-order valence-electron chi connectivity index (χ3n) is 13.3. The Kier molecular flexibility index (Phi) is 12.3. The van der Waals surface area contributed by atoms with Crippen molar-refractivity contribution < 1.29 is 37.1 Å². The van der Waals surface area contributed by atoms with Crippen molar-refractivity contribution >= 4 is 39.0 Å². The highest BCUT2D eigenvalue weighted by Crippen LogP contribution is 2.65. The second kappa shape index (κ2) is 15.7. The molecule has 3 saturated carbocycles. The van der Waals surface area contributed by atoms with Crippen LogP contribution in [0.1, 0.15) is 144 Å². The van der Waals surface area contributed by atoms with Crippen molar-refractivity contribution in [2.45, 2.75) is 166 Å². The molecule has 0 aromatic heterocycles. The van der Waals surface area contributed by atoms with Gasteiger partial charge in [0.15, 0.2) is 15.6 Å². The fraction of sp³-hybridized carbons (Fsp3) is 0.875. The predicted molar refractivity (Wildman–Crippen MR) is 195 cm³/mol. The van der Waals surface area contributed by atoms with Crippen molar-refractivity contribution in [3.8, 4) is 0 Å². The normalized spacial score (nSPS) is 31.3. The van der Waals surface area contributed by atoms with E-state index in [0.29, 0.717) is 32.4 Å². The molecule has 3 aliphatic carbocycles. The third-order valence-corrected chi connectivity index (χ3v) is 16.5. The minimum Gasteiger partial charge on any atom is -0.381 e. The van der Waals surface area contributed by atoms with Gasteiger partial charge in [0.1, 0.15) is 5.78 Å². The molecular weight excluding hydrogens is 669 g/mol. The molecule has 0 unspecified atom stereocenters. The molecule has 0 radical (unpaired) electrons. The van der Waals surface area contributed by atoms with Crippen LogP contribution in [0.3, 0.4) is 0 Å². The maximum Gasteiger partial charge on any atom is 0.287 e. The Bertz CT molecular complexity index is 1440. The van der Waals surface area contributed by atoms with Gasteiger partial charge in [-0.25, -0.2) is 8.42 Å². The molecule has 6 atom stereocenters. The first kappa shape index (κ1) is 40.1. The van der Waals surface area contributed by atoms with E-state index in [2.05, 4.69) is 19.2 Å². The molecule has 0 aromatic carbocycles. The van der Waals surface area contributed by atoms with Crippen molar-refractivity contribution in [1.29, 1.82) is 0 Å². The van der Waals surface area contributed by atoms with Crippen LogP contribution in [0, 0.1) is 34.5 Å². The first-order chi connectivity index (χ1) is 23.9. The lowest BCUT2D eigenvalue weighted by Gasteiger charge is -2.44. The molecule has 2 saturated heterocycles. The summed E-state index contributed by atoms with van der Waals surface area (Å²) in [5.74, 6) is -3.16. The number of Topliss-reactive ketones (excluding diaryl/α,β-unsaturated/α-hetero) is 3. The summed E-state index contributed by atoms with van der Waals surface area (Å²) in [5.41, 5.74) is -0.820. The number of amides is 2. The Morgan fingerprint density at radius 3 is 2.22 bits per heavy atom. The molecule has 5 rings (SSSR count). The number of fused-ring (bicyclic) bond motifs is 3. The molecule has 0 spiro atoms. The lowest BCUT2D eigenvalue weighted by Crippen LogP contribution is -2.50. The van der Waals surface area contributed by atoms with E-state index >= 15 is 0 Å². The quantitative estimate of drug-likeness (QED) is 0.294. The lowest BCUT2D eigenvalue weighted by atomic mass is 9.68. The Hall–Kier alpha value is -2.14. The van der Waals surface area contributed by atoms with E-state index in [1.54, 1.807) is 32.6 Å². The molecule has 2 amide bonds. The number of rotatable bonds is 9. The van der Waals surface area contributed by atoms with Crippen LogP contribution in [-0.4, -0.2) is 84.3 Å². The second-order valence-corrected chi connectivity index (χ2v) is 21.4. The number of carbonyl (C=O) groups is 5. The Labute approximate surface area is 306 Å². The van der Waals surface area contributed by atoms with E-state index in [4.69, 9.17) is 4.74 Å². The highest BCUT2D eigenvalue weighted by Gasteiger charge is 2.69. The summed E-state index contributed by atoms with van der Waals surface area (Å²) >= 11 is 0. The fourth-order valence-corrected chi connectivity index (χ4v) is 11.7. The van der Waals surface area contributed by atoms with Gasteiger partial charge in [-0.15, -0.1) is 0 Å². The number of sulfone groups is 1. The smallest absolute Gasteiger partial charge is 0.287 e. The highest BCUT2D eigenvalue weighted by molar-refractivity contribution is 7.93. The Balaban J connectivity index is 1.38. The summed E-state index contributed by atoms with van der Waals surface area (Å²) in [6, 6.07) is -0.674. The van der Waals surface area contributed by atoms with Crippen LogP contribution >= 0.6 is 0 Å². The first-order valence-corrected chi connectivity index (χ1v) is 21.5. The van der Waals surface area contributed by atoms with Gasteiger partial charge >= 0.3 is 0 Å². The van der Waals surface area contributed by atoms with Gasteiger partial charge in [-0.1, -0.05) is 58.8 Å². The summed E-state index contributed by atoms with van der Waals surface area (Å²) < 4.78 is 32.6. The molecule has 0 aromatic rings. The molecule has 288 valence electrons. The number of ether oxygens (including phenoxy) is 1. The average molecular weight is 733 g/mol. The standard InChI is InChI=1S/C40H64N2O8S/c1-26(51(48,49)38(2,3)4)40(18-12-10-13-19-40)23-30(43)21-28-25-50-20-14-9-7-8-11-15-27(35(45)36(46)41-29-16-17-29)22-32(44)34-33-31(39(33,5)6)24-42(34)37(28)47/h26-29,31,33-34H,7-25H2,1-6H3,(H,41,46)/t26-,27-,28+,31+,33+,34-/m1/s1. The molecule has 11 heteroatoms. The average Bonchev–Trinajstić information content (AvgIpc) is 3.92. The molecule has 2 aliphatic heterocycles. The molecule has 51 heavy (non-hydrogen) atoms. The van der Waals surface area contributed by atoms with E-state index < -0.39 is 54.8 Å². The van der Waals surface area contributed by atoms with E-state index in [0.717, 1.165) is 64.2 Å². The van der Waals surface area contributed by atoms with E-state index in [-0.39, 0.29) is 66.6 Å². The number of carbonyl (C=O) groups excluding carboxylic acids is 5. The number of piperidine rings is 1. The Morgan fingerprint density at radius 1 is 0.941 bits per heavy atom. The number of hydrogen-bond acceptors (Lipinski definition) is 8. The zero-order valence-corrected chi connectivity index (χ0v) is 32.9. The Morgan fingerprint density at radius 2 is 1.57 bits per heavy atom. The summed E-state index contributed by atoms with van der Waals surface area (Å²) in [5, 5.41) is 2.10. The van der Waals surface area contributed by atoms with Gasteiger partial charge in [-0.2, -0.15) is 0 Å². The van der Waals surface area contributed by atoms with Gasteiger partial charge in [0.25, 0.3) is 5.91 Å². The van der Waals surface area contributed by atoms with Gasteiger partial charge in [0.2, 0.25) is 11.7 Å². The molecule has 5 aliphatic rings. The zero-order chi connectivity index (χ0) is 37.4. The SMILES string of the molecule is C[C@H](C1(CC(=O)C[C@H]2COCCCCCCC[C@@H](C(=O)C(=O)NC3CC3)CC(=O)[C@@H]3[C@@H]4[C@H](CN3C2=O)C4(C)C)CCCCC1)S(=O)(=O)C(C)(C)C. The van der Waals surface area contributed by atoms with Gasteiger partial charge < -0.3 is 15.0 Å². The number of hydrogen-bond donors (Lipinski definition) is 1. The van der Waals surface area contributed by atoms with Gasteiger partial charge in [-0.05, 0) is 88.9 Å². The summed E-state index contributed by atoms with van der Waals surface area (Å²) in [7, 11) is -3.55. The topological polar surface area (TPSA) is 144 Å². The van der Waals surface area contributed by atoms with Crippen LogP contribution in [0.25, 0.3) is 0 Å². The molecule has 0 bridgehead atoms. The van der Waals surface area contributed by atoms with Crippen molar-refractivity contribution in [3.05, 3.63) is 0 Å². The molecular formula is C40H64N2O8S. The summed E-state index contributed by atoms with van der Waals surface area (Å²) in [4.78, 5) is 70.9. The fourth-order valence-electron chi connectivity index (χ4n) is 9.63. The van der Waals surface area contributed by atoms with Crippen LogP contribution in [0.4, 0.5) is 0 Å². The van der Waals surface area contributed by atoms with Gasteiger partial charge in [0.05, 0.1) is 28.6 Å². The summed E-state index contributed by atoms with van der Waals surface area (Å²) in [6.45, 7) is 12.1. The number of nitrogens with zero attached hydrogens (tertiary/aromatic N) is 1. The van der Waals surface area contributed by atoms with Crippen molar-refractivity contribution in [2.75, 3.05) is 19.8 Å². The highest BCUT2D eigenvalue weighted by atomic mass is 32.2. The molecule has 10 nitrogen and oxygen atoms in total. The second-order valence-electron chi connectivity index (χ2n) is 18.3. The van der Waals surface area contributed by atoms with Crippen molar-refractivity contribution in [1.82, 2.24) is 10.2 Å². The van der Waals surface area contributed by atoms with Gasteiger partial charge in [0, 0.05) is 44.4 Å². The van der Waals surface area contributed by atoms with Crippen LogP contribution in [0.15, 0.2) is 0 Å². The van der Waals surface area contributed by atoms with Crippen LogP contribution in [-0.2, 0) is 38.5 Å². The van der Waals surface area contributed by atoms with Crippen molar-refractivity contribution in [2.24, 2.45) is 34.5 Å². The monoisotopic (exact) mass is 732 g/mol. The van der Waals surface area contributed by atoms with Crippen molar-refractivity contribution in [3.63, 3.8) is 0 Å².